The Kier molecular flexibility index (Phi) is 5.53. The number of esters is 1. The van der Waals surface area contributed by atoms with Crippen LogP contribution in [0.15, 0.2) is 51.7 Å². The summed E-state index contributed by atoms with van der Waals surface area (Å²) in [5, 5.41) is 2.22. The largest absolute Gasteiger partial charge is 0.452 e. The number of benzene rings is 2. The van der Waals surface area contributed by atoms with Gasteiger partial charge in [-0.1, -0.05) is 12.1 Å². The molecule has 0 radical (unpaired) electrons. The fraction of sp³-hybridized carbons (Fsp3) is 0.211. The first kappa shape index (κ1) is 19.3. The zero-order chi connectivity index (χ0) is 20.3. The Balaban J connectivity index is 1.57. The van der Waals surface area contributed by atoms with Crippen LogP contribution in [0.1, 0.15) is 13.3 Å². The molecule has 0 bridgehead atoms. The molecule has 0 fully saturated rings. The Labute approximate surface area is 157 Å². The van der Waals surface area contributed by atoms with Crippen molar-refractivity contribution in [2.75, 3.05) is 5.32 Å². The number of anilines is 1. The lowest BCUT2D eigenvalue weighted by molar-refractivity contribution is -0.153. The minimum atomic E-state index is -1.21. The fourth-order valence-corrected chi connectivity index (χ4v) is 2.56. The Morgan fingerprint density at radius 3 is 2.71 bits per heavy atom. The van der Waals surface area contributed by atoms with E-state index in [-0.39, 0.29) is 18.7 Å². The van der Waals surface area contributed by atoms with Crippen LogP contribution >= 0.6 is 0 Å². The topological polar surface area (TPSA) is 90.5 Å². The highest BCUT2D eigenvalue weighted by Crippen LogP contribution is 2.16. The van der Waals surface area contributed by atoms with Crippen molar-refractivity contribution in [3.8, 4) is 0 Å². The van der Waals surface area contributed by atoms with E-state index in [0.717, 1.165) is 12.1 Å². The molecule has 0 saturated carbocycles. The van der Waals surface area contributed by atoms with E-state index in [2.05, 4.69) is 5.32 Å². The number of halogens is 2. The maximum absolute atomic E-state index is 13.6. The number of para-hydroxylation sites is 2. The van der Waals surface area contributed by atoms with Crippen molar-refractivity contribution in [3.05, 3.63) is 64.6 Å². The van der Waals surface area contributed by atoms with Gasteiger partial charge in [-0.15, -0.1) is 0 Å². The third-order valence-corrected chi connectivity index (χ3v) is 3.98. The van der Waals surface area contributed by atoms with Crippen LogP contribution < -0.4 is 11.1 Å². The number of rotatable bonds is 6. The summed E-state index contributed by atoms with van der Waals surface area (Å²) < 4.78 is 37.8. The summed E-state index contributed by atoms with van der Waals surface area (Å²) in [6.45, 7) is 1.32. The Morgan fingerprint density at radius 2 is 1.96 bits per heavy atom. The number of oxazole rings is 1. The summed E-state index contributed by atoms with van der Waals surface area (Å²) in [5.74, 6) is -3.83. The number of carbonyl (C=O) groups excluding carboxylic acids is 2. The molecule has 3 aromatic rings. The van der Waals surface area contributed by atoms with E-state index in [1.54, 1.807) is 24.3 Å². The molecular weight excluding hydrogens is 374 g/mol. The molecule has 0 aliphatic heterocycles. The molecule has 1 N–H and O–H groups in total. The molecule has 0 saturated heterocycles. The van der Waals surface area contributed by atoms with Crippen LogP contribution in [-0.2, 0) is 20.9 Å². The summed E-state index contributed by atoms with van der Waals surface area (Å²) in [5.41, 5.74) is 0.707. The van der Waals surface area contributed by atoms with E-state index in [1.165, 1.54) is 11.5 Å². The number of nitrogens with zero attached hydrogens (tertiary/aromatic N) is 1. The lowest BCUT2D eigenvalue weighted by Crippen LogP contribution is -2.30. The van der Waals surface area contributed by atoms with Gasteiger partial charge in [-0.05, 0) is 31.2 Å². The molecular formula is C19H16F2N2O5. The van der Waals surface area contributed by atoms with Gasteiger partial charge in [0, 0.05) is 12.6 Å². The first-order valence-electron chi connectivity index (χ1n) is 8.39. The predicted octanol–water partition coefficient (Wildman–Crippen LogP) is 2.83. The van der Waals surface area contributed by atoms with Crippen LogP contribution in [0.4, 0.5) is 14.5 Å². The first-order valence-corrected chi connectivity index (χ1v) is 8.39. The maximum atomic E-state index is 13.6. The van der Waals surface area contributed by atoms with Gasteiger partial charge in [0.05, 0.1) is 17.6 Å². The zero-order valence-electron chi connectivity index (χ0n) is 14.8. The summed E-state index contributed by atoms with van der Waals surface area (Å²) in [6.07, 6.45) is -1.39. The highest BCUT2D eigenvalue weighted by Gasteiger charge is 2.20. The summed E-state index contributed by atoms with van der Waals surface area (Å²) in [7, 11) is 0. The Hall–Kier alpha value is -3.49. The molecule has 0 spiro atoms. The molecule has 1 atom stereocenters. The normalized spacial score (nSPS) is 12.0. The molecule has 9 heteroatoms. The molecule has 1 amide bonds. The highest BCUT2D eigenvalue weighted by molar-refractivity contribution is 5.95. The fourth-order valence-electron chi connectivity index (χ4n) is 2.56. The second-order valence-corrected chi connectivity index (χ2v) is 5.98. The number of aryl methyl sites for hydroxylation is 1. The molecule has 7 nitrogen and oxygen atoms in total. The first-order chi connectivity index (χ1) is 13.3. The second-order valence-electron chi connectivity index (χ2n) is 5.98. The number of hydrogen-bond acceptors (Lipinski definition) is 5. The summed E-state index contributed by atoms with van der Waals surface area (Å²) in [6, 6.07) is 9.43. The highest BCUT2D eigenvalue weighted by atomic mass is 19.1. The molecule has 146 valence electrons. The smallest absolute Gasteiger partial charge is 0.419 e. The van der Waals surface area contributed by atoms with Crippen molar-refractivity contribution in [1.82, 2.24) is 4.57 Å². The van der Waals surface area contributed by atoms with Gasteiger partial charge in [0.2, 0.25) is 0 Å². The molecule has 0 unspecified atom stereocenters. The molecule has 3 rings (SSSR count). The van der Waals surface area contributed by atoms with Gasteiger partial charge in [0.1, 0.15) is 11.6 Å². The average molecular weight is 390 g/mol. The van der Waals surface area contributed by atoms with E-state index in [1.807, 2.05) is 0 Å². The average Bonchev–Trinajstić information content (AvgIpc) is 2.97. The second kappa shape index (κ2) is 8.03. The number of carbonyl (C=O) groups is 2. The van der Waals surface area contributed by atoms with Gasteiger partial charge in [-0.25, -0.2) is 13.6 Å². The lowest BCUT2D eigenvalue weighted by atomic mass is 10.2. The van der Waals surface area contributed by atoms with Gasteiger partial charge >= 0.3 is 11.7 Å². The van der Waals surface area contributed by atoms with E-state index >= 15 is 0 Å². The van der Waals surface area contributed by atoms with E-state index < -0.39 is 35.4 Å². The molecule has 1 heterocycles. The van der Waals surface area contributed by atoms with Crippen molar-refractivity contribution in [2.24, 2.45) is 0 Å². The number of ether oxygens (including phenoxy) is 1. The van der Waals surface area contributed by atoms with Crippen molar-refractivity contribution in [2.45, 2.75) is 26.0 Å². The van der Waals surface area contributed by atoms with E-state index in [4.69, 9.17) is 9.15 Å². The van der Waals surface area contributed by atoms with Gasteiger partial charge < -0.3 is 14.5 Å². The standard InChI is InChI=1S/C19H16F2N2O5/c1-11(18(25)22-14-7-6-12(20)10-13(14)21)27-17(24)8-9-23-15-4-2-3-5-16(15)28-19(23)26/h2-7,10-11H,8-9H2,1H3,(H,22,25)/t11-/m1/s1. The molecule has 1 aromatic heterocycles. The molecule has 2 aromatic carbocycles. The zero-order valence-corrected chi connectivity index (χ0v) is 14.8. The van der Waals surface area contributed by atoms with Crippen LogP contribution in [-0.4, -0.2) is 22.5 Å². The minimum Gasteiger partial charge on any atom is -0.452 e. The van der Waals surface area contributed by atoms with Gasteiger partial charge in [0.25, 0.3) is 5.91 Å². The van der Waals surface area contributed by atoms with Crippen LogP contribution in [0.3, 0.4) is 0 Å². The maximum Gasteiger partial charge on any atom is 0.419 e. The van der Waals surface area contributed by atoms with Crippen LogP contribution in [0.5, 0.6) is 0 Å². The number of nitrogens with one attached hydrogen (secondary N) is 1. The summed E-state index contributed by atoms with van der Waals surface area (Å²) >= 11 is 0. The van der Waals surface area contributed by atoms with Crippen molar-refractivity contribution < 1.29 is 27.5 Å². The Bertz CT molecular complexity index is 1090. The third-order valence-electron chi connectivity index (χ3n) is 3.98. The van der Waals surface area contributed by atoms with Gasteiger partial charge in [-0.2, -0.15) is 0 Å². The number of amides is 1. The van der Waals surface area contributed by atoms with Gasteiger partial charge in [0.15, 0.2) is 11.7 Å². The number of hydrogen-bond donors (Lipinski definition) is 1. The molecule has 28 heavy (non-hydrogen) atoms. The molecule has 0 aliphatic rings. The monoisotopic (exact) mass is 390 g/mol. The van der Waals surface area contributed by atoms with E-state index in [9.17, 15) is 23.2 Å². The molecule has 0 aliphatic carbocycles. The van der Waals surface area contributed by atoms with Crippen molar-refractivity contribution >= 4 is 28.7 Å². The summed E-state index contributed by atoms with van der Waals surface area (Å²) in [4.78, 5) is 35.9. The SMILES string of the molecule is C[C@@H](OC(=O)CCn1c(=O)oc2ccccc21)C(=O)Nc1ccc(F)cc1F. The predicted molar refractivity (Wildman–Crippen MR) is 95.6 cm³/mol. The number of aromatic nitrogens is 1. The van der Waals surface area contributed by atoms with Crippen LogP contribution in [0, 0.1) is 11.6 Å². The minimum absolute atomic E-state index is 0.00953. The van der Waals surface area contributed by atoms with E-state index in [0.29, 0.717) is 17.2 Å². The van der Waals surface area contributed by atoms with Crippen molar-refractivity contribution in [3.63, 3.8) is 0 Å². The Morgan fingerprint density at radius 1 is 1.21 bits per heavy atom. The van der Waals surface area contributed by atoms with Crippen LogP contribution in [0.2, 0.25) is 0 Å². The lowest BCUT2D eigenvalue weighted by Gasteiger charge is -2.14. The van der Waals surface area contributed by atoms with Crippen LogP contribution in [0.25, 0.3) is 11.1 Å². The number of fused-ring (bicyclic) bond motifs is 1. The quantitative estimate of drug-likeness (QED) is 0.654. The van der Waals surface area contributed by atoms with Crippen molar-refractivity contribution in [1.29, 1.82) is 0 Å². The third kappa shape index (κ3) is 4.25. The van der Waals surface area contributed by atoms with Gasteiger partial charge in [-0.3, -0.25) is 14.2 Å².